The van der Waals surface area contributed by atoms with Gasteiger partial charge in [-0.1, -0.05) is 91.9 Å². The predicted octanol–water partition coefficient (Wildman–Crippen LogP) is 7.26. The monoisotopic (exact) mass is 612 g/mol. The molecular weight excluding hydrogens is 572 g/mol. The Labute approximate surface area is 263 Å². The molecule has 1 saturated heterocycles. The first-order valence-corrected chi connectivity index (χ1v) is 16.0. The number of rotatable bonds is 11. The molecule has 8 heteroatoms. The van der Waals surface area contributed by atoms with Gasteiger partial charge >= 0.3 is 6.03 Å². The fraction of sp³-hybridized carbons (Fsp3) is 0.306. The van der Waals surface area contributed by atoms with Crippen molar-refractivity contribution < 1.29 is 24.1 Å². The third kappa shape index (κ3) is 7.63. The molecular formula is C36H40N2O5S. The van der Waals surface area contributed by atoms with Crippen LogP contribution in [-0.4, -0.2) is 36.6 Å². The molecule has 5 rings (SSSR count). The Morgan fingerprint density at radius 3 is 2.32 bits per heavy atom. The highest BCUT2D eigenvalue weighted by Crippen LogP contribution is 2.44. The van der Waals surface area contributed by atoms with E-state index >= 15 is 0 Å². The summed E-state index contributed by atoms with van der Waals surface area (Å²) < 4.78 is 18.9. The molecule has 1 aliphatic heterocycles. The number of aliphatic hydroxyl groups excluding tert-OH is 1. The third-order valence-electron chi connectivity index (χ3n) is 7.88. The summed E-state index contributed by atoms with van der Waals surface area (Å²) in [7, 11) is 1.69. The lowest BCUT2D eigenvalue weighted by atomic mass is 9.91. The van der Waals surface area contributed by atoms with E-state index in [-0.39, 0.29) is 30.8 Å². The zero-order valence-corrected chi connectivity index (χ0v) is 26.2. The second-order valence-electron chi connectivity index (χ2n) is 10.8. The summed E-state index contributed by atoms with van der Waals surface area (Å²) in [6, 6.07) is 32.2. The summed E-state index contributed by atoms with van der Waals surface area (Å²) in [5.74, 6) is 1.66. The number of nitrogens with one attached hydrogen (secondary N) is 2. The van der Waals surface area contributed by atoms with Crippen LogP contribution in [0.2, 0.25) is 0 Å². The molecule has 230 valence electrons. The number of amides is 2. The lowest BCUT2D eigenvalue weighted by Gasteiger charge is -2.41. The van der Waals surface area contributed by atoms with Gasteiger partial charge in [-0.15, -0.1) is 11.8 Å². The minimum absolute atomic E-state index is 0.00272. The van der Waals surface area contributed by atoms with Crippen LogP contribution in [0.4, 0.5) is 4.79 Å². The van der Waals surface area contributed by atoms with Crippen molar-refractivity contribution in [1.29, 1.82) is 0 Å². The van der Waals surface area contributed by atoms with Crippen molar-refractivity contribution in [3.8, 4) is 16.9 Å². The fourth-order valence-electron chi connectivity index (χ4n) is 5.39. The Balaban J connectivity index is 1.38. The number of hydrogen-bond acceptors (Lipinski definition) is 6. The number of aliphatic hydroxyl groups is 1. The lowest BCUT2D eigenvalue weighted by Crippen LogP contribution is -2.38. The van der Waals surface area contributed by atoms with Crippen LogP contribution in [0.15, 0.2) is 102 Å². The van der Waals surface area contributed by atoms with Gasteiger partial charge in [0.25, 0.3) is 0 Å². The summed E-state index contributed by atoms with van der Waals surface area (Å²) in [4.78, 5) is 13.1. The molecule has 0 spiro atoms. The van der Waals surface area contributed by atoms with Crippen molar-refractivity contribution in [2.75, 3.05) is 19.4 Å². The van der Waals surface area contributed by atoms with E-state index in [1.165, 1.54) is 0 Å². The minimum atomic E-state index is -0.555. The molecule has 0 unspecified atom stereocenters. The van der Waals surface area contributed by atoms with E-state index in [2.05, 4.69) is 54.0 Å². The van der Waals surface area contributed by atoms with Gasteiger partial charge in [0.15, 0.2) is 6.29 Å². The first kappa shape index (κ1) is 31.6. The average molecular weight is 613 g/mol. The first-order chi connectivity index (χ1) is 21.5. The van der Waals surface area contributed by atoms with Gasteiger partial charge in [0, 0.05) is 35.2 Å². The van der Waals surface area contributed by atoms with Crippen molar-refractivity contribution in [3.05, 3.63) is 119 Å². The molecule has 0 bridgehead atoms. The van der Waals surface area contributed by atoms with E-state index in [9.17, 15) is 9.90 Å². The van der Waals surface area contributed by atoms with Gasteiger partial charge in [-0.3, -0.25) is 0 Å². The fourth-order valence-corrected chi connectivity index (χ4v) is 6.59. The molecule has 1 heterocycles. The maximum Gasteiger partial charge on any atom is 0.315 e. The molecule has 1 aliphatic rings. The van der Waals surface area contributed by atoms with Gasteiger partial charge in [0.1, 0.15) is 5.75 Å². The van der Waals surface area contributed by atoms with Gasteiger partial charge in [0.05, 0.1) is 25.9 Å². The Morgan fingerprint density at radius 2 is 1.59 bits per heavy atom. The topological polar surface area (TPSA) is 89.1 Å². The number of carbonyl (C=O) groups excluding carboxylic acids is 1. The third-order valence-corrected chi connectivity index (χ3v) is 9.03. The van der Waals surface area contributed by atoms with E-state index in [1.54, 1.807) is 18.9 Å². The molecule has 3 N–H and O–H groups in total. The highest BCUT2D eigenvalue weighted by molar-refractivity contribution is 7.99. The van der Waals surface area contributed by atoms with Crippen LogP contribution in [0, 0.1) is 5.92 Å². The van der Waals surface area contributed by atoms with Gasteiger partial charge < -0.3 is 30.0 Å². The predicted molar refractivity (Wildman–Crippen MR) is 174 cm³/mol. The van der Waals surface area contributed by atoms with Crippen LogP contribution >= 0.6 is 11.8 Å². The second-order valence-corrected chi connectivity index (χ2v) is 11.8. The summed E-state index contributed by atoms with van der Waals surface area (Å²) >= 11 is 1.72. The van der Waals surface area contributed by atoms with Crippen LogP contribution in [0.5, 0.6) is 5.75 Å². The summed E-state index contributed by atoms with van der Waals surface area (Å²) in [6.45, 7) is 5.07. The summed E-state index contributed by atoms with van der Waals surface area (Å²) in [5.41, 5.74) is 5.99. The van der Waals surface area contributed by atoms with Gasteiger partial charge in [0.2, 0.25) is 0 Å². The molecule has 44 heavy (non-hydrogen) atoms. The van der Waals surface area contributed by atoms with E-state index in [1.807, 2.05) is 67.6 Å². The highest BCUT2D eigenvalue weighted by Gasteiger charge is 2.38. The molecule has 1 fully saturated rings. The van der Waals surface area contributed by atoms with Crippen LogP contribution in [-0.2, 0) is 22.6 Å². The first-order valence-electron chi connectivity index (χ1n) is 15.0. The Morgan fingerprint density at radius 1 is 0.886 bits per heavy atom. The number of ether oxygens (including phenoxy) is 3. The number of hydrogen-bond donors (Lipinski definition) is 3. The lowest BCUT2D eigenvalue weighted by molar-refractivity contribution is -0.268. The number of urea groups is 1. The normalized spacial score (nSPS) is 19.7. The molecule has 4 aromatic rings. The van der Waals surface area contributed by atoms with Crippen molar-refractivity contribution >= 4 is 17.8 Å². The van der Waals surface area contributed by atoms with Gasteiger partial charge in [-0.25, -0.2) is 4.79 Å². The van der Waals surface area contributed by atoms with Gasteiger partial charge in [-0.2, -0.15) is 0 Å². The van der Waals surface area contributed by atoms with Crippen molar-refractivity contribution in [3.63, 3.8) is 0 Å². The van der Waals surface area contributed by atoms with Crippen molar-refractivity contribution in [1.82, 2.24) is 10.6 Å². The van der Waals surface area contributed by atoms with Crippen LogP contribution in [0.3, 0.4) is 0 Å². The molecule has 4 aromatic carbocycles. The molecule has 2 amide bonds. The standard InChI is InChI=1S/C36H40N2O5S/c1-4-37-36(40)38-21-29-9-5-6-10-30(29)26-17-19-28(20-18-26)35-42-32(23-44-33-12-8-7-11-31(33)41-3)24(2)34(43-35)27-15-13-25(22-39)14-16-27/h5-20,24,32,34-35,39H,4,21-23H2,1-3H3,(H2,37,38,40)/t24-,32+,34+,35+/m1/s1. The molecule has 0 radical (unpaired) electrons. The Bertz CT molecular complexity index is 1510. The highest BCUT2D eigenvalue weighted by atomic mass is 32.2. The van der Waals surface area contributed by atoms with Crippen molar-refractivity contribution in [2.24, 2.45) is 5.92 Å². The van der Waals surface area contributed by atoms with E-state index in [0.29, 0.717) is 13.1 Å². The van der Waals surface area contributed by atoms with E-state index in [0.717, 1.165) is 49.8 Å². The summed E-state index contributed by atoms with van der Waals surface area (Å²) in [5, 5.41) is 15.3. The number of para-hydroxylation sites is 1. The molecule has 0 aliphatic carbocycles. The van der Waals surface area contributed by atoms with E-state index < -0.39 is 6.29 Å². The largest absolute Gasteiger partial charge is 0.496 e. The molecule has 0 aromatic heterocycles. The average Bonchev–Trinajstić information content (AvgIpc) is 3.07. The number of methoxy groups -OCH3 is 1. The van der Waals surface area contributed by atoms with Gasteiger partial charge in [-0.05, 0) is 46.9 Å². The van der Waals surface area contributed by atoms with Crippen LogP contribution < -0.4 is 15.4 Å². The van der Waals surface area contributed by atoms with E-state index in [4.69, 9.17) is 14.2 Å². The Kier molecular flexibility index (Phi) is 11.0. The minimum Gasteiger partial charge on any atom is -0.496 e. The second kappa shape index (κ2) is 15.3. The number of benzene rings is 4. The van der Waals surface area contributed by atoms with Crippen LogP contribution in [0.1, 0.15) is 48.5 Å². The Hall–Kier alpha value is -3.82. The quantitative estimate of drug-likeness (QED) is 0.155. The zero-order valence-electron chi connectivity index (χ0n) is 25.4. The number of thioether (sulfide) groups is 1. The summed E-state index contributed by atoms with van der Waals surface area (Å²) in [6.07, 6.45) is -0.835. The van der Waals surface area contributed by atoms with Crippen LogP contribution in [0.25, 0.3) is 11.1 Å². The maximum atomic E-state index is 12.0. The maximum absolute atomic E-state index is 12.0. The molecule has 4 atom stereocenters. The zero-order chi connectivity index (χ0) is 30.9. The smallest absolute Gasteiger partial charge is 0.315 e. The SMILES string of the molecule is CCNC(=O)NCc1ccccc1-c1ccc([C@H]2O[C@@H](CSc3ccccc3OC)[C@@H](C)[C@@H](c3ccc(CO)cc3)O2)cc1. The molecule has 7 nitrogen and oxygen atoms in total. The molecule has 0 saturated carbocycles. The van der Waals surface area contributed by atoms with Crippen molar-refractivity contribution in [2.45, 2.75) is 50.4 Å². The number of carbonyl (C=O) groups is 1.